The van der Waals surface area contributed by atoms with Crippen molar-refractivity contribution in [1.29, 1.82) is 0 Å². The molecule has 22 heavy (non-hydrogen) atoms. The van der Waals surface area contributed by atoms with E-state index in [-0.39, 0.29) is 11.9 Å². The first-order valence-electron chi connectivity index (χ1n) is 7.57. The first-order chi connectivity index (χ1) is 10.6. The highest BCUT2D eigenvalue weighted by atomic mass is 16.5. The summed E-state index contributed by atoms with van der Waals surface area (Å²) in [5, 5.41) is 0. The molecular formula is C18H21NO3. The highest BCUT2D eigenvalue weighted by Gasteiger charge is 2.47. The largest absolute Gasteiger partial charge is 0.464 e. The molecule has 2 rings (SSSR count). The summed E-state index contributed by atoms with van der Waals surface area (Å²) in [6.45, 7) is 2.65. The molecule has 0 radical (unpaired) electrons. The number of rotatable bonds is 5. The Kier molecular flexibility index (Phi) is 5.21. The Morgan fingerprint density at radius 1 is 1.36 bits per heavy atom. The smallest absolute Gasteiger partial charge is 0.331 e. The molecule has 1 unspecified atom stereocenters. The molecule has 1 aliphatic heterocycles. The molecule has 1 saturated heterocycles. The van der Waals surface area contributed by atoms with E-state index in [1.807, 2.05) is 18.2 Å². The van der Waals surface area contributed by atoms with Crippen LogP contribution < -0.4 is 0 Å². The molecule has 1 amide bonds. The van der Waals surface area contributed by atoms with E-state index in [0.29, 0.717) is 38.0 Å². The lowest BCUT2D eigenvalue weighted by molar-refractivity contribution is -0.154. The van der Waals surface area contributed by atoms with Gasteiger partial charge in [-0.3, -0.25) is 4.79 Å². The van der Waals surface area contributed by atoms with Crippen LogP contribution in [0.4, 0.5) is 0 Å². The molecule has 1 fully saturated rings. The maximum absolute atomic E-state index is 12.6. The Balaban J connectivity index is 2.07. The number of benzene rings is 1. The number of ether oxygens (including phenoxy) is 1. The zero-order chi connectivity index (χ0) is 16.0. The minimum Gasteiger partial charge on any atom is -0.464 e. The van der Waals surface area contributed by atoms with Crippen LogP contribution in [-0.2, 0) is 9.53 Å². The van der Waals surface area contributed by atoms with Crippen LogP contribution >= 0.6 is 0 Å². The number of amides is 1. The molecular weight excluding hydrogens is 278 g/mol. The molecule has 1 aliphatic rings. The lowest BCUT2D eigenvalue weighted by Crippen LogP contribution is -2.51. The Bertz CT molecular complexity index is 576. The minimum atomic E-state index is -0.886. The summed E-state index contributed by atoms with van der Waals surface area (Å²) in [5.41, 5.74) is -0.293. The molecule has 1 aromatic carbocycles. The molecule has 1 aromatic rings. The zero-order valence-corrected chi connectivity index (χ0v) is 12.9. The van der Waals surface area contributed by atoms with Gasteiger partial charge in [0.2, 0.25) is 0 Å². The van der Waals surface area contributed by atoms with Gasteiger partial charge in [-0.25, -0.2) is 4.79 Å². The summed E-state index contributed by atoms with van der Waals surface area (Å²) in [5.74, 6) is 2.05. The molecule has 0 bridgehead atoms. The van der Waals surface area contributed by atoms with E-state index in [4.69, 9.17) is 11.2 Å². The summed E-state index contributed by atoms with van der Waals surface area (Å²) in [6.07, 6.45) is 7.82. The lowest BCUT2D eigenvalue weighted by Gasteiger charge is -2.33. The topological polar surface area (TPSA) is 46.6 Å². The molecule has 1 atom stereocenters. The maximum atomic E-state index is 12.6. The third-order valence-electron chi connectivity index (χ3n) is 4.05. The predicted molar refractivity (Wildman–Crippen MR) is 84.1 cm³/mol. The van der Waals surface area contributed by atoms with Gasteiger partial charge in [-0.1, -0.05) is 18.2 Å². The van der Waals surface area contributed by atoms with Crippen molar-refractivity contribution in [1.82, 2.24) is 4.90 Å². The van der Waals surface area contributed by atoms with Crippen molar-refractivity contribution in [3.8, 4) is 12.3 Å². The molecule has 4 nitrogen and oxygen atoms in total. The standard InChI is InChI=1S/C18H21NO3/c1-3-4-8-14-22-17(21)18(2)12-9-13-19(18)16(20)15-10-6-5-7-11-15/h1,5-7,10-11H,4,8-9,12-14H2,2H3. The number of carbonyl (C=O) groups excluding carboxylic acids is 2. The van der Waals surface area contributed by atoms with Crippen molar-refractivity contribution in [3.63, 3.8) is 0 Å². The van der Waals surface area contributed by atoms with Gasteiger partial charge in [0.25, 0.3) is 5.91 Å². The van der Waals surface area contributed by atoms with Gasteiger partial charge >= 0.3 is 5.97 Å². The third-order valence-corrected chi connectivity index (χ3v) is 4.05. The first kappa shape index (κ1) is 16.1. The van der Waals surface area contributed by atoms with Crippen molar-refractivity contribution >= 4 is 11.9 Å². The van der Waals surface area contributed by atoms with E-state index < -0.39 is 5.54 Å². The van der Waals surface area contributed by atoms with Crippen LogP contribution in [0.5, 0.6) is 0 Å². The number of carbonyl (C=O) groups is 2. The quantitative estimate of drug-likeness (QED) is 0.477. The number of likely N-dealkylation sites (tertiary alicyclic amines) is 1. The fourth-order valence-electron chi connectivity index (χ4n) is 2.73. The monoisotopic (exact) mass is 299 g/mol. The number of hydrogen-bond donors (Lipinski definition) is 0. The summed E-state index contributed by atoms with van der Waals surface area (Å²) in [7, 11) is 0. The van der Waals surface area contributed by atoms with E-state index in [1.165, 1.54) is 0 Å². The highest BCUT2D eigenvalue weighted by Crippen LogP contribution is 2.31. The van der Waals surface area contributed by atoms with Crippen molar-refractivity contribution < 1.29 is 14.3 Å². The van der Waals surface area contributed by atoms with Crippen molar-refractivity contribution in [3.05, 3.63) is 35.9 Å². The highest BCUT2D eigenvalue weighted by molar-refractivity contribution is 5.98. The predicted octanol–water partition coefficient (Wildman–Crippen LogP) is 2.64. The van der Waals surface area contributed by atoms with Crippen LogP contribution in [0.2, 0.25) is 0 Å². The van der Waals surface area contributed by atoms with Gasteiger partial charge in [-0.15, -0.1) is 12.3 Å². The van der Waals surface area contributed by atoms with Gasteiger partial charge in [0.05, 0.1) is 6.61 Å². The van der Waals surface area contributed by atoms with Gasteiger partial charge < -0.3 is 9.64 Å². The van der Waals surface area contributed by atoms with Crippen LogP contribution in [0.3, 0.4) is 0 Å². The fraction of sp³-hybridized carbons (Fsp3) is 0.444. The van der Waals surface area contributed by atoms with E-state index in [9.17, 15) is 9.59 Å². The Morgan fingerprint density at radius 2 is 2.09 bits per heavy atom. The summed E-state index contributed by atoms with van der Waals surface area (Å²) < 4.78 is 5.32. The van der Waals surface area contributed by atoms with Crippen molar-refractivity contribution in [2.24, 2.45) is 0 Å². The second-order valence-corrected chi connectivity index (χ2v) is 5.64. The van der Waals surface area contributed by atoms with Gasteiger partial charge in [0.1, 0.15) is 5.54 Å². The second kappa shape index (κ2) is 7.13. The van der Waals surface area contributed by atoms with E-state index in [0.717, 1.165) is 6.42 Å². The van der Waals surface area contributed by atoms with Gasteiger partial charge in [-0.05, 0) is 38.3 Å². The van der Waals surface area contributed by atoms with Gasteiger partial charge in [0, 0.05) is 18.5 Å². The first-order valence-corrected chi connectivity index (χ1v) is 7.57. The minimum absolute atomic E-state index is 0.124. The summed E-state index contributed by atoms with van der Waals surface area (Å²) >= 11 is 0. The van der Waals surface area contributed by atoms with E-state index in [1.54, 1.807) is 24.0 Å². The number of esters is 1. The van der Waals surface area contributed by atoms with E-state index >= 15 is 0 Å². The average Bonchev–Trinajstić information content (AvgIpc) is 2.94. The second-order valence-electron chi connectivity index (χ2n) is 5.64. The number of unbranched alkanes of at least 4 members (excludes halogenated alkanes) is 1. The Labute approximate surface area is 131 Å². The number of terminal acetylenes is 1. The van der Waals surface area contributed by atoms with Crippen LogP contribution in [0.1, 0.15) is 43.0 Å². The third kappa shape index (κ3) is 3.30. The SMILES string of the molecule is C#CCCCOC(=O)C1(C)CCCN1C(=O)c1ccccc1. The molecule has 0 aliphatic carbocycles. The average molecular weight is 299 g/mol. The summed E-state index contributed by atoms with van der Waals surface area (Å²) in [4.78, 5) is 26.7. The molecule has 1 heterocycles. The summed E-state index contributed by atoms with van der Waals surface area (Å²) in [6, 6.07) is 9.02. The Hall–Kier alpha value is -2.28. The fourth-order valence-corrected chi connectivity index (χ4v) is 2.73. The Morgan fingerprint density at radius 3 is 2.77 bits per heavy atom. The molecule has 0 N–H and O–H groups in total. The molecule has 4 heteroatoms. The normalized spacial score (nSPS) is 20.5. The number of nitrogens with zero attached hydrogens (tertiary/aromatic N) is 1. The van der Waals surface area contributed by atoms with Crippen molar-refractivity contribution in [2.75, 3.05) is 13.2 Å². The maximum Gasteiger partial charge on any atom is 0.331 e. The van der Waals surface area contributed by atoms with Crippen LogP contribution in [-0.4, -0.2) is 35.5 Å². The van der Waals surface area contributed by atoms with Crippen molar-refractivity contribution in [2.45, 2.75) is 38.1 Å². The lowest BCUT2D eigenvalue weighted by atomic mass is 9.98. The van der Waals surface area contributed by atoms with Gasteiger partial charge in [-0.2, -0.15) is 0 Å². The van der Waals surface area contributed by atoms with Crippen LogP contribution in [0.25, 0.3) is 0 Å². The molecule has 0 aromatic heterocycles. The van der Waals surface area contributed by atoms with Gasteiger partial charge in [0.15, 0.2) is 0 Å². The van der Waals surface area contributed by atoms with Crippen LogP contribution in [0, 0.1) is 12.3 Å². The molecule has 0 spiro atoms. The van der Waals surface area contributed by atoms with Crippen LogP contribution in [0.15, 0.2) is 30.3 Å². The number of hydrogen-bond acceptors (Lipinski definition) is 3. The molecule has 0 saturated carbocycles. The zero-order valence-electron chi connectivity index (χ0n) is 12.9. The molecule has 116 valence electrons. The van der Waals surface area contributed by atoms with E-state index in [2.05, 4.69) is 5.92 Å².